The van der Waals surface area contributed by atoms with Crippen molar-refractivity contribution in [3.05, 3.63) is 28.8 Å². The molecule has 0 radical (unpaired) electrons. The molecule has 3 unspecified atom stereocenters. The van der Waals surface area contributed by atoms with Gasteiger partial charge in [0.1, 0.15) is 0 Å². The number of amides is 2. The van der Waals surface area contributed by atoms with Gasteiger partial charge in [0, 0.05) is 24.8 Å². The molecule has 2 N–H and O–H groups in total. The van der Waals surface area contributed by atoms with Crippen molar-refractivity contribution in [2.24, 2.45) is 5.92 Å². The van der Waals surface area contributed by atoms with E-state index in [4.69, 9.17) is 11.6 Å². The van der Waals surface area contributed by atoms with E-state index < -0.39 is 0 Å². The van der Waals surface area contributed by atoms with Crippen LogP contribution in [0.4, 0.5) is 5.69 Å². The summed E-state index contributed by atoms with van der Waals surface area (Å²) in [7, 11) is 0. The Morgan fingerprint density at radius 2 is 1.82 bits per heavy atom. The lowest BCUT2D eigenvalue weighted by atomic mass is 9.85. The Labute approximate surface area is 178 Å². The number of likely N-dealkylation sites (tertiary alicyclic amines) is 1. The number of nitrogens with one attached hydrogen (secondary N) is 2. The molecule has 1 aromatic carbocycles. The SMILES string of the molecule is Cl.O=C(Nc1ccc(C(=O)N2CCCCC2)c(Cl)c1)C1CC2CCCCC2N1. The highest BCUT2D eigenvalue weighted by Crippen LogP contribution is 2.33. The number of fused-ring (bicyclic) bond motifs is 1. The summed E-state index contributed by atoms with van der Waals surface area (Å²) in [6.45, 7) is 1.59. The van der Waals surface area contributed by atoms with Crippen LogP contribution in [0.1, 0.15) is 61.7 Å². The Bertz CT molecular complexity index is 708. The predicted octanol–water partition coefficient (Wildman–Crippen LogP) is 4.25. The lowest BCUT2D eigenvalue weighted by Gasteiger charge is -2.27. The molecule has 2 aliphatic heterocycles. The first-order valence-corrected chi connectivity index (χ1v) is 10.7. The molecule has 4 rings (SSSR count). The van der Waals surface area contributed by atoms with Crippen molar-refractivity contribution in [1.29, 1.82) is 0 Å². The van der Waals surface area contributed by atoms with E-state index in [-0.39, 0.29) is 30.3 Å². The topological polar surface area (TPSA) is 61.4 Å². The molecule has 3 fully saturated rings. The minimum Gasteiger partial charge on any atom is -0.339 e. The van der Waals surface area contributed by atoms with Crippen LogP contribution in [0.2, 0.25) is 5.02 Å². The molecule has 28 heavy (non-hydrogen) atoms. The standard InChI is InChI=1S/C21H28ClN3O2.ClH/c22-17-13-15(8-9-16(17)21(27)25-10-4-1-5-11-25)23-20(26)19-12-14-6-2-3-7-18(14)24-19;/h8-9,13-14,18-19,24H,1-7,10-12H2,(H,23,26);1H. The van der Waals surface area contributed by atoms with Crippen molar-refractivity contribution in [1.82, 2.24) is 10.2 Å². The first-order chi connectivity index (χ1) is 13.1. The summed E-state index contributed by atoms with van der Waals surface area (Å²) in [5.74, 6) is 0.609. The fourth-order valence-corrected chi connectivity index (χ4v) is 5.05. The largest absolute Gasteiger partial charge is 0.339 e. The minimum atomic E-state index is -0.133. The van der Waals surface area contributed by atoms with Gasteiger partial charge in [0.15, 0.2) is 0 Å². The van der Waals surface area contributed by atoms with Gasteiger partial charge in [0.2, 0.25) is 5.91 Å². The summed E-state index contributed by atoms with van der Waals surface area (Å²) in [5, 5.41) is 6.86. The molecule has 3 atom stereocenters. The van der Waals surface area contributed by atoms with Crippen LogP contribution < -0.4 is 10.6 Å². The summed E-state index contributed by atoms with van der Waals surface area (Å²) < 4.78 is 0. The van der Waals surface area contributed by atoms with E-state index in [0.29, 0.717) is 28.2 Å². The van der Waals surface area contributed by atoms with Crippen LogP contribution in [-0.2, 0) is 4.79 Å². The Kier molecular flexibility index (Phi) is 7.24. The second-order valence-corrected chi connectivity index (χ2v) is 8.55. The number of hydrogen-bond donors (Lipinski definition) is 2. The van der Waals surface area contributed by atoms with Crippen LogP contribution in [0, 0.1) is 5.92 Å². The fourth-order valence-electron chi connectivity index (χ4n) is 4.78. The number of anilines is 1. The van der Waals surface area contributed by atoms with Gasteiger partial charge in [-0.3, -0.25) is 9.59 Å². The quantitative estimate of drug-likeness (QED) is 0.760. The number of carbonyl (C=O) groups is 2. The number of hydrogen-bond acceptors (Lipinski definition) is 3. The molecule has 1 aromatic rings. The summed E-state index contributed by atoms with van der Waals surface area (Å²) in [6, 6.07) is 5.56. The van der Waals surface area contributed by atoms with E-state index in [2.05, 4.69) is 10.6 Å². The highest BCUT2D eigenvalue weighted by molar-refractivity contribution is 6.34. The maximum atomic E-state index is 12.7. The van der Waals surface area contributed by atoms with Crippen molar-refractivity contribution in [3.63, 3.8) is 0 Å². The maximum Gasteiger partial charge on any atom is 0.255 e. The van der Waals surface area contributed by atoms with E-state index in [1.165, 1.54) is 32.1 Å². The molecule has 2 amide bonds. The van der Waals surface area contributed by atoms with Crippen LogP contribution in [0.5, 0.6) is 0 Å². The monoisotopic (exact) mass is 425 g/mol. The number of benzene rings is 1. The molecule has 154 valence electrons. The van der Waals surface area contributed by atoms with Gasteiger partial charge in [-0.1, -0.05) is 24.4 Å². The maximum absolute atomic E-state index is 12.7. The molecule has 5 nitrogen and oxygen atoms in total. The molecule has 1 aliphatic carbocycles. The average Bonchev–Trinajstić information content (AvgIpc) is 3.13. The van der Waals surface area contributed by atoms with E-state index in [0.717, 1.165) is 32.4 Å². The van der Waals surface area contributed by atoms with Crippen molar-refractivity contribution >= 4 is 41.5 Å². The lowest BCUT2D eigenvalue weighted by molar-refractivity contribution is -0.117. The Morgan fingerprint density at radius 1 is 1.07 bits per heavy atom. The van der Waals surface area contributed by atoms with Crippen LogP contribution in [-0.4, -0.2) is 41.9 Å². The zero-order valence-corrected chi connectivity index (χ0v) is 17.7. The number of piperidine rings is 1. The zero-order chi connectivity index (χ0) is 18.8. The molecule has 2 heterocycles. The van der Waals surface area contributed by atoms with Crippen molar-refractivity contribution < 1.29 is 9.59 Å². The lowest BCUT2D eigenvalue weighted by Crippen LogP contribution is -2.39. The third-order valence-corrected chi connectivity index (χ3v) is 6.60. The van der Waals surface area contributed by atoms with Crippen molar-refractivity contribution in [3.8, 4) is 0 Å². The molecule has 3 aliphatic rings. The third kappa shape index (κ3) is 4.64. The highest BCUT2D eigenvalue weighted by atomic mass is 35.5. The van der Waals surface area contributed by atoms with Crippen LogP contribution in [0.25, 0.3) is 0 Å². The average molecular weight is 426 g/mol. The molecule has 1 saturated carbocycles. The number of carbonyl (C=O) groups excluding carboxylic acids is 2. The van der Waals surface area contributed by atoms with E-state index in [1.807, 2.05) is 4.90 Å². The number of halogens is 2. The van der Waals surface area contributed by atoms with Crippen molar-refractivity contribution in [2.75, 3.05) is 18.4 Å². The van der Waals surface area contributed by atoms with Gasteiger partial charge in [-0.15, -0.1) is 12.4 Å². The molecule has 0 aromatic heterocycles. The van der Waals surface area contributed by atoms with Crippen LogP contribution in [0.3, 0.4) is 0 Å². The summed E-state index contributed by atoms with van der Waals surface area (Å²) in [6.07, 6.45) is 9.12. The van der Waals surface area contributed by atoms with Crippen LogP contribution in [0.15, 0.2) is 18.2 Å². The van der Waals surface area contributed by atoms with Crippen LogP contribution >= 0.6 is 24.0 Å². The van der Waals surface area contributed by atoms with Gasteiger partial charge in [-0.25, -0.2) is 0 Å². The Balaban J connectivity index is 0.00000225. The first kappa shape index (κ1) is 21.4. The number of nitrogens with zero attached hydrogens (tertiary/aromatic N) is 1. The Morgan fingerprint density at radius 3 is 2.54 bits per heavy atom. The Hall–Kier alpha value is -1.30. The first-order valence-electron chi connectivity index (χ1n) is 10.3. The second kappa shape index (κ2) is 9.47. The van der Waals surface area contributed by atoms with E-state index >= 15 is 0 Å². The van der Waals surface area contributed by atoms with Gasteiger partial charge in [0.25, 0.3) is 5.91 Å². The van der Waals surface area contributed by atoms with E-state index in [9.17, 15) is 9.59 Å². The minimum absolute atomic E-state index is 0. The third-order valence-electron chi connectivity index (χ3n) is 6.29. The molecule has 7 heteroatoms. The molecule has 2 saturated heterocycles. The summed E-state index contributed by atoms with van der Waals surface area (Å²) in [4.78, 5) is 27.2. The fraction of sp³-hybridized carbons (Fsp3) is 0.619. The highest BCUT2D eigenvalue weighted by Gasteiger charge is 2.38. The number of rotatable bonds is 3. The second-order valence-electron chi connectivity index (χ2n) is 8.14. The normalized spacial score (nSPS) is 26.9. The van der Waals surface area contributed by atoms with Gasteiger partial charge in [0.05, 0.1) is 16.6 Å². The molecule has 0 bridgehead atoms. The van der Waals surface area contributed by atoms with Gasteiger partial charge in [-0.05, 0) is 62.6 Å². The molecular weight excluding hydrogens is 397 g/mol. The molecule has 0 spiro atoms. The molecular formula is C21H29Cl2N3O2. The van der Waals surface area contributed by atoms with Gasteiger partial charge in [-0.2, -0.15) is 0 Å². The van der Waals surface area contributed by atoms with Gasteiger partial charge < -0.3 is 15.5 Å². The van der Waals surface area contributed by atoms with Crippen molar-refractivity contribution in [2.45, 2.75) is 63.5 Å². The van der Waals surface area contributed by atoms with E-state index in [1.54, 1.807) is 18.2 Å². The predicted molar refractivity (Wildman–Crippen MR) is 114 cm³/mol. The summed E-state index contributed by atoms with van der Waals surface area (Å²) >= 11 is 6.37. The zero-order valence-electron chi connectivity index (χ0n) is 16.1. The smallest absolute Gasteiger partial charge is 0.255 e. The van der Waals surface area contributed by atoms with Gasteiger partial charge >= 0.3 is 0 Å². The summed E-state index contributed by atoms with van der Waals surface area (Å²) in [5.41, 5.74) is 1.17.